The third kappa shape index (κ3) is 11.2. The summed E-state index contributed by atoms with van der Waals surface area (Å²) in [6, 6.07) is 0. The maximum absolute atomic E-state index is 10.8. The number of esters is 2. The summed E-state index contributed by atoms with van der Waals surface area (Å²) in [5, 5.41) is 8.41. The van der Waals surface area contributed by atoms with E-state index >= 15 is 0 Å². The van der Waals surface area contributed by atoms with Crippen LogP contribution < -0.4 is 0 Å². The fraction of sp³-hybridized carbons (Fsp3) is 0.471. The summed E-state index contributed by atoms with van der Waals surface area (Å²) in [5.74, 6) is -1.83. The molecule has 0 bridgehead atoms. The first-order chi connectivity index (χ1) is 11.1. The van der Waals surface area contributed by atoms with Crippen molar-refractivity contribution in [1.29, 1.82) is 0 Å². The van der Waals surface area contributed by atoms with Gasteiger partial charge in [0.15, 0.2) is 0 Å². The van der Waals surface area contributed by atoms with Crippen molar-refractivity contribution in [2.24, 2.45) is 0 Å². The van der Waals surface area contributed by atoms with Crippen molar-refractivity contribution < 1.29 is 33.7 Å². The van der Waals surface area contributed by atoms with Crippen LogP contribution in [0.15, 0.2) is 36.0 Å². The average Bonchev–Trinajstić information content (AvgIpc) is 3.33. The number of carboxylic acids is 1. The van der Waals surface area contributed by atoms with Crippen LogP contribution in [0.5, 0.6) is 0 Å². The molecule has 0 radical (unpaired) electrons. The monoisotopic (exact) mass is 340 g/mol. The lowest BCUT2D eigenvalue weighted by Crippen LogP contribution is -2.14. The summed E-state index contributed by atoms with van der Waals surface area (Å²) in [4.78, 5) is 31.9. The normalized spacial score (nSPS) is 15.5. The van der Waals surface area contributed by atoms with E-state index in [0.717, 1.165) is 13.0 Å². The molecule has 134 valence electrons. The molecule has 0 spiro atoms. The number of hydrogen-bond donors (Lipinski definition) is 1. The van der Waals surface area contributed by atoms with Crippen molar-refractivity contribution in [3.05, 3.63) is 36.0 Å². The molecule has 0 amide bonds. The molecule has 0 aromatic heterocycles. The Morgan fingerprint density at radius 3 is 1.79 bits per heavy atom. The second-order valence-electron chi connectivity index (χ2n) is 5.22. The molecule has 1 heterocycles. The zero-order chi connectivity index (χ0) is 18.7. The summed E-state index contributed by atoms with van der Waals surface area (Å²) in [5.41, 5.74) is 1.03. The topological polar surface area (TPSA) is 102 Å². The van der Waals surface area contributed by atoms with Crippen LogP contribution in [0.25, 0.3) is 0 Å². The Morgan fingerprint density at radius 1 is 1.08 bits per heavy atom. The van der Waals surface area contributed by atoms with Crippen LogP contribution in [0.4, 0.5) is 0 Å². The van der Waals surface area contributed by atoms with Gasteiger partial charge in [-0.15, -0.1) is 0 Å². The van der Waals surface area contributed by atoms with Crippen molar-refractivity contribution in [3.63, 3.8) is 0 Å². The number of carboxylic acid groups (broad SMARTS) is 1. The first-order valence-electron chi connectivity index (χ1n) is 7.32. The number of epoxide rings is 1. The van der Waals surface area contributed by atoms with E-state index in [-0.39, 0.29) is 19.3 Å². The largest absolute Gasteiger partial charge is 0.478 e. The average molecular weight is 340 g/mol. The number of ether oxygens (including phenoxy) is 3. The highest BCUT2D eigenvalue weighted by atomic mass is 16.6. The molecule has 1 N–H and O–H groups in total. The van der Waals surface area contributed by atoms with Crippen LogP contribution >= 0.6 is 0 Å². The van der Waals surface area contributed by atoms with Crippen molar-refractivity contribution in [2.75, 3.05) is 19.8 Å². The van der Waals surface area contributed by atoms with E-state index in [9.17, 15) is 14.4 Å². The minimum absolute atomic E-state index is 0.0325. The Labute approximate surface area is 141 Å². The van der Waals surface area contributed by atoms with Gasteiger partial charge >= 0.3 is 17.9 Å². The SMILES string of the molecule is C=C(C)C(=O)OCCOC(=O)C(=C)C.CC(=CCC1CO1)C(=O)O. The fourth-order valence-corrected chi connectivity index (χ4v) is 1.11. The summed E-state index contributed by atoms with van der Waals surface area (Å²) in [6.45, 7) is 12.3. The van der Waals surface area contributed by atoms with Crippen LogP contribution in [0, 0.1) is 0 Å². The van der Waals surface area contributed by atoms with E-state index in [1.165, 1.54) is 0 Å². The number of hydrogen-bond acceptors (Lipinski definition) is 6. The lowest BCUT2D eigenvalue weighted by molar-refractivity contribution is -0.147. The Balaban J connectivity index is 0.000000463. The molecule has 1 fully saturated rings. The molecule has 7 heteroatoms. The highest BCUT2D eigenvalue weighted by Gasteiger charge is 2.20. The van der Waals surface area contributed by atoms with Gasteiger partial charge < -0.3 is 19.3 Å². The van der Waals surface area contributed by atoms with Crippen molar-refractivity contribution in [2.45, 2.75) is 33.3 Å². The van der Waals surface area contributed by atoms with Crippen LogP contribution in [0.3, 0.4) is 0 Å². The third-order valence-corrected chi connectivity index (χ3v) is 2.67. The number of carbonyl (C=O) groups is 3. The zero-order valence-corrected chi connectivity index (χ0v) is 14.3. The van der Waals surface area contributed by atoms with E-state index in [1.54, 1.807) is 26.8 Å². The highest BCUT2D eigenvalue weighted by Crippen LogP contribution is 2.14. The number of carbonyl (C=O) groups excluding carboxylic acids is 2. The first-order valence-corrected chi connectivity index (χ1v) is 7.32. The molecule has 1 aliphatic rings. The van der Waals surface area contributed by atoms with Gasteiger partial charge in [0.1, 0.15) is 13.2 Å². The molecule has 1 atom stereocenters. The fourth-order valence-electron chi connectivity index (χ4n) is 1.11. The standard InChI is InChI=1S/C10H14O4.C7H10O3/c1-7(2)9(11)13-5-6-14-10(12)8(3)4;1-5(7(8)9)2-3-6-4-10-6/h1,3,5-6H2,2,4H3;2,6H,3-4H2,1H3,(H,8,9). The Bertz CT molecular complexity index is 499. The molecule has 0 saturated carbocycles. The van der Waals surface area contributed by atoms with Crippen LogP contribution in [0.1, 0.15) is 27.2 Å². The lowest BCUT2D eigenvalue weighted by atomic mass is 10.2. The molecule has 0 aromatic carbocycles. The Kier molecular flexibility index (Phi) is 10.1. The second kappa shape index (κ2) is 11.2. The molecule has 0 aromatic rings. The van der Waals surface area contributed by atoms with Gasteiger partial charge in [-0.2, -0.15) is 0 Å². The zero-order valence-electron chi connectivity index (χ0n) is 14.3. The minimum Gasteiger partial charge on any atom is -0.478 e. The van der Waals surface area contributed by atoms with Gasteiger partial charge in [0.2, 0.25) is 0 Å². The van der Waals surface area contributed by atoms with Gasteiger partial charge in [0, 0.05) is 16.7 Å². The quantitative estimate of drug-likeness (QED) is 0.312. The van der Waals surface area contributed by atoms with E-state index in [2.05, 4.69) is 22.6 Å². The van der Waals surface area contributed by atoms with E-state index in [1.807, 2.05) is 0 Å². The molecule has 1 aliphatic heterocycles. The second-order valence-corrected chi connectivity index (χ2v) is 5.22. The van der Waals surface area contributed by atoms with Crippen molar-refractivity contribution in [1.82, 2.24) is 0 Å². The Hall–Kier alpha value is -2.41. The molecular formula is C17H24O7. The first kappa shape index (κ1) is 21.6. The molecule has 24 heavy (non-hydrogen) atoms. The van der Waals surface area contributed by atoms with Gasteiger partial charge in [0.05, 0.1) is 12.7 Å². The number of rotatable bonds is 8. The van der Waals surface area contributed by atoms with Gasteiger partial charge in [-0.05, 0) is 27.2 Å². The summed E-state index contributed by atoms with van der Waals surface area (Å²) < 4.78 is 14.3. The highest BCUT2D eigenvalue weighted by molar-refractivity contribution is 5.87. The van der Waals surface area contributed by atoms with Gasteiger partial charge in [-0.25, -0.2) is 14.4 Å². The summed E-state index contributed by atoms with van der Waals surface area (Å²) in [7, 11) is 0. The van der Waals surface area contributed by atoms with Gasteiger partial charge in [-0.1, -0.05) is 19.2 Å². The predicted molar refractivity (Wildman–Crippen MR) is 87.3 cm³/mol. The third-order valence-electron chi connectivity index (χ3n) is 2.67. The summed E-state index contributed by atoms with van der Waals surface area (Å²) in [6.07, 6.45) is 2.72. The Morgan fingerprint density at radius 2 is 1.50 bits per heavy atom. The molecule has 0 aliphatic carbocycles. The number of aliphatic carboxylic acids is 1. The summed E-state index contributed by atoms with van der Waals surface area (Å²) >= 11 is 0. The van der Waals surface area contributed by atoms with E-state index in [4.69, 9.17) is 9.84 Å². The minimum atomic E-state index is -0.847. The molecule has 7 nitrogen and oxygen atoms in total. The van der Waals surface area contributed by atoms with Crippen LogP contribution in [0.2, 0.25) is 0 Å². The molecule has 1 unspecified atom stereocenters. The molecule has 1 saturated heterocycles. The predicted octanol–water partition coefficient (Wildman–Crippen LogP) is 2.03. The maximum Gasteiger partial charge on any atom is 0.333 e. The van der Waals surface area contributed by atoms with Gasteiger partial charge in [0.25, 0.3) is 0 Å². The molecular weight excluding hydrogens is 316 g/mol. The van der Waals surface area contributed by atoms with Crippen LogP contribution in [-0.4, -0.2) is 48.9 Å². The van der Waals surface area contributed by atoms with E-state index in [0.29, 0.717) is 16.7 Å². The lowest BCUT2D eigenvalue weighted by Gasteiger charge is -2.05. The van der Waals surface area contributed by atoms with Crippen molar-refractivity contribution in [3.8, 4) is 0 Å². The van der Waals surface area contributed by atoms with Crippen LogP contribution in [-0.2, 0) is 28.6 Å². The smallest absolute Gasteiger partial charge is 0.333 e. The maximum atomic E-state index is 10.8. The van der Waals surface area contributed by atoms with Crippen molar-refractivity contribution >= 4 is 17.9 Å². The van der Waals surface area contributed by atoms with E-state index < -0.39 is 17.9 Å². The van der Waals surface area contributed by atoms with Gasteiger partial charge in [-0.3, -0.25) is 0 Å². The molecule has 1 rings (SSSR count).